The smallest absolute Gasteiger partial charge is 0.142 e. The van der Waals surface area contributed by atoms with Crippen molar-refractivity contribution in [1.29, 1.82) is 0 Å². The molecule has 4 heteroatoms. The molecule has 1 heterocycles. The molecule has 0 aliphatic carbocycles. The quantitative estimate of drug-likeness (QED) is 0.891. The lowest BCUT2D eigenvalue weighted by molar-refractivity contribution is 0.199. The first-order valence-electron chi connectivity index (χ1n) is 5.34. The van der Waals surface area contributed by atoms with Gasteiger partial charge in [-0.2, -0.15) is 0 Å². The van der Waals surface area contributed by atoms with Crippen molar-refractivity contribution < 1.29 is 9.50 Å². The Hall–Kier alpha value is -1.32. The summed E-state index contributed by atoms with van der Waals surface area (Å²) in [4.78, 5) is 0. The molecule has 0 aliphatic heterocycles. The molecule has 0 amide bonds. The molecule has 1 unspecified atom stereocenters. The highest BCUT2D eigenvalue weighted by molar-refractivity contribution is 6.30. The average molecular weight is 254 g/mol. The van der Waals surface area contributed by atoms with Crippen molar-refractivity contribution in [2.24, 2.45) is 0 Å². The molecule has 1 atom stereocenters. The molecule has 0 fully saturated rings. The third kappa shape index (κ3) is 2.87. The van der Waals surface area contributed by atoms with Crippen LogP contribution in [-0.2, 0) is 6.54 Å². The van der Waals surface area contributed by atoms with Crippen molar-refractivity contribution in [3.05, 3.63) is 58.6 Å². The molecule has 0 spiro atoms. The standard InChI is InChI=1S/C13H13ClFNO/c1-9(17)11-4-5-16(8-11)7-10-2-3-12(14)13(15)6-10/h2-6,8-9,17H,7H2,1H3. The maximum Gasteiger partial charge on any atom is 0.142 e. The summed E-state index contributed by atoms with van der Waals surface area (Å²) in [5, 5.41) is 9.52. The summed E-state index contributed by atoms with van der Waals surface area (Å²) in [6.45, 7) is 2.27. The number of halogens is 2. The van der Waals surface area contributed by atoms with Crippen LogP contribution in [0.5, 0.6) is 0 Å². The van der Waals surface area contributed by atoms with Gasteiger partial charge in [-0.25, -0.2) is 4.39 Å². The Balaban J connectivity index is 2.16. The first-order valence-corrected chi connectivity index (χ1v) is 5.72. The van der Waals surface area contributed by atoms with Crippen molar-refractivity contribution in [2.45, 2.75) is 19.6 Å². The Morgan fingerprint density at radius 3 is 2.76 bits per heavy atom. The average Bonchev–Trinajstić information content (AvgIpc) is 2.72. The lowest BCUT2D eigenvalue weighted by Gasteiger charge is -2.04. The Morgan fingerprint density at radius 1 is 1.41 bits per heavy atom. The fraction of sp³-hybridized carbons (Fsp3) is 0.231. The normalized spacial score (nSPS) is 12.7. The minimum atomic E-state index is -0.488. The van der Waals surface area contributed by atoms with Crippen LogP contribution in [-0.4, -0.2) is 9.67 Å². The van der Waals surface area contributed by atoms with E-state index in [4.69, 9.17) is 11.6 Å². The molecule has 2 aromatic rings. The van der Waals surface area contributed by atoms with Gasteiger partial charge in [0.1, 0.15) is 5.82 Å². The second-order valence-corrected chi connectivity index (χ2v) is 4.45. The van der Waals surface area contributed by atoms with Gasteiger partial charge in [0.2, 0.25) is 0 Å². The first kappa shape index (κ1) is 12.1. The predicted molar refractivity (Wildman–Crippen MR) is 65.6 cm³/mol. The Bertz CT molecular complexity index is 522. The third-order valence-electron chi connectivity index (χ3n) is 2.60. The molecular formula is C13H13ClFNO. The highest BCUT2D eigenvalue weighted by Crippen LogP contribution is 2.17. The predicted octanol–water partition coefficient (Wildman–Crippen LogP) is 3.38. The number of benzene rings is 1. The topological polar surface area (TPSA) is 25.2 Å². The summed E-state index contributed by atoms with van der Waals surface area (Å²) in [5.74, 6) is -0.410. The number of aliphatic hydroxyl groups excluding tert-OH is 1. The molecule has 0 saturated heterocycles. The molecule has 0 aliphatic rings. The largest absolute Gasteiger partial charge is 0.389 e. The number of aromatic nitrogens is 1. The van der Waals surface area contributed by atoms with Gasteiger partial charge in [-0.3, -0.25) is 0 Å². The number of hydrogen-bond donors (Lipinski definition) is 1. The van der Waals surface area contributed by atoms with E-state index < -0.39 is 11.9 Å². The van der Waals surface area contributed by atoms with Gasteiger partial charge in [-0.05, 0) is 36.2 Å². The lowest BCUT2D eigenvalue weighted by atomic mass is 10.2. The molecular weight excluding hydrogens is 241 g/mol. The minimum absolute atomic E-state index is 0.130. The van der Waals surface area contributed by atoms with Gasteiger partial charge in [0.15, 0.2) is 0 Å². The van der Waals surface area contributed by atoms with Crippen molar-refractivity contribution >= 4 is 11.6 Å². The van der Waals surface area contributed by atoms with Crippen LogP contribution in [0.25, 0.3) is 0 Å². The van der Waals surface area contributed by atoms with Gasteiger partial charge >= 0.3 is 0 Å². The zero-order valence-corrected chi connectivity index (χ0v) is 10.2. The van der Waals surface area contributed by atoms with Crippen LogP contribution < -0.4 is 0 Å². The van der Waals surface area contributed by atoms with Crippen LogP contribution in [0.3, 0.4) is 0 Å². The third-order valence-corrected chi connectivity index (χ3v) is 2.91. The Morgan fingerprint density at radius 2 is 2.18 bits per heavy atom. The number of nitrogens with zero attached hydrogens (tertiary/aromatic N) is 1. The van der Waals surface area contributed by atoms with Gasteiger partial charge < -0.3 is 9.67 Å². The molecule has 2 rings (SSSR count). The van der Waals surface area contributed by atoms with E-state index in [1.807, 2.05) is 23.0 Å². The monoisotopic (exact) mass is 253 g/mol. The van der Waals surface area contributed by atoms with E-state index in [1.165, 1.54) is 6.07 Å². The molecule has 1 N–H and O–H groups in total. The van der Waals surface area contributed by atoms with Crippen molar-refractivity contribution in [3.63, 3.8) is 0 Å². The van der Waals surface area contributed by atoms with Gasteiger partial charge in [0.05, 0.1) is 11.1 Å². The maximum absolute atomic E-state index is 13.2. The summed E-state index contributed by atoms with van der Waals surface area (Å²) in [5.41, 5.74) is 1.68. The van der Waals surface area contributed by atoms with Gasteiger partial charge in [-0.1, -0.05) is 17.7 Å². The van der Waals surface area contributed by atoms with E-state index in [0.29, 0.717) is 6.54 Å². The van der Waals surface area contributed by atoms with E-state index in [9.17, 15) is 9.50 Å². The van der Waals surface area contributed by atoms with Crippen LogP contribution >= 0.6 is 11.6 Å². The lowest BCUT2D eigenvalue weighted by Crippen LogP contribution is -1.97. The van der Waals surface area contributed by atoms with E-state index in [0.717, 1.165) is 11.1 Å². The first-order chi connectivity index (χ1) is 8.06. The fourth-order valence-corrected chi connectivity index (χ4v) is 1.77. The van der Waals surface area contributed by atoms with Crippen LogP contribution in [0.4, 0.5) is 4.39 Å². The van der Waals surface area contributed by atoms with Crippen LogP contribution in [0, 0.1) is 5.82 Å². The SMILES string of the molecule is CC(O)c1ccn(Cc2ccc(Cl)c(F)c2)c1. The van der Waals surface area contributed by atoms with Crippen LogP contribution in [0.2, 0.25) is 5.02 Å². The van der Waals surface area contributed by atoms with E-state index in [-0.39, 0.29) is 5.02 Å². The summed E-state index contributed by atoms with van der Waals surface area (Å²) in [6, 6.07) is 6.60. The second-order valence-electron chi connectivity index (χ2n) is 4.04. The number of aliphatic hydroxyl groups is 1. The number of rotatable bonds is 3. The zero-order valence-electron chi connectivity index (χ0n) is 9.40. The molecule has 90 valence electrons. The van der Waals surface area contributed by atoms with Gasteiger partial charge in [-0.15, -0.1) is 0 Å². The van der Waals surface area contributed by atoms with Crippen LogP contribution in [0.15, 0.2) is 36.7 Å². The molecule has 0 saturated carbocycles. The van der Waals surface area contributed by atoms with Crippen molar-refractivity contribution in [1.82, 2.24) is 4.57 Å². The molecule has 1 aromatic carbocycles. The summed E-state index contributed by atoms with van der Waals surface area (Å²) >= 11 is 5.61. The van der Waals surface area contributed by atoms with Crippen molar-refractivity contribution in [2.75, 3.05) is 0 Å². The van der Waals surface area contributed by atoms with Crippen LogP contribution in [0.1, 0.15) is 24.2 Å². The number of hydrogen-bond acceptors (Lipinski definition) is 1. The molecule has 17 heavy (non-hydrogen) atoms. The van der Waals surface area contributed by atoms with E-state index >= 15 is 0 Å². The molecule has 0 radical (unpaired) electrons. The maximum atomic E-state index is 13.2. The summed E-state index contributed by atoms with van der Waals surface area (Å²) < 4.78 is 15.1. The van der Waals surface area contributed by atoms with E-state index in [2.05, 4.69) is 0 Å². The highest BCUT2D eigenvalue weighted by atomic mass is 35.5. The Labute approximate surface area is 104 Å². The molecule has 0 bridgehead atoms. The highest BCUT2D eigenvalue weighted by Gasteiger charge is 2.05. The zero-order chi connectivity index (χ0) is 12.4. The van der Waals surface area contributed by atoms with Crippen molar-refractivity contribution in [3.8, 4) is 0 Å². The van der Waals surface area contributed by atoms with E-state index in [1.54, 1.807) is 19.1 Å². The van der Waals surface area contributed by atoms with Gasteiger partial charge in [0.25, 0.3) is 0 Å². The minimum Gasteiger partial charge on any atom is -0.389 e. The molecule has 1 aromatic heterocycles. The molecule has 2 nitrogen and oxygen atoms in total. The Kier molecular flexibility index (Phi) is 3.50. The fourth-order valence-electron chi connectivity index (χ4n) is 1.65. The summed E-state index contributed by atoms with van der Waals surface area (Å²) in [6.07, 6.45) is 3.21. The summed E-state index contributed by atoms with van der Waals surface area (Å²) in [7, 11) is 0. The second kappa shape index (κ2) is 4.90. The van der Waals surface area contributed by atoms with Gasteiger partial charge in [0, 0.05) is 18.9 Å².